The lowest BCUT2D eigenvalue weighted by molar-refractivity contribution is 0.209. The Morgan fingerprint density at radius 1 is 1.00 bits per heavy atom. The van der Waals surface area contributed by atoms with Crippen molar-refractivity contribution in [2.45, 2.75) is 20.3 Å². The van der Waals surface area contributed by atoms with Crippen molar-refractivity contribution in [1.82, 2.24) is 9.80 Å². The highest BCUT2D eigenvalue weighted by Gasteiger charge is 2.00. The maximum Gasteiger partial charge on any atom is 0.0558 e. The van der Waals surface area contributed by atoms with E-state index >= 15 is 0 Å². The van der Waals surface area contributed by atoms with Gasteiger partial charge in [0.2, 0.25) is 0 Å². The predicted molar refractivity (Wildman–Crippen MR) is 57.0 cm³/mol. The number of aliphatic hydroxyl groups is 1. The van der Waals surface area contributed by atoms with E-state index in [0.29, 0.717) is 0 Å². The van der Waals surface area contributed by atoms with E-state index < -0.39 is 0 Å². The summed E-state index contributed by atoms with van der Waals surface area (Å²) in [6, 6.07) is 0. The Morgan fingerprint density at radius 2 is 1.62 bits per heavy atom. The molecule has 0 amide bonds. The van der Waals surface area contributed by atoms with Crippen LogP contribution in [0.2, 0.25) is 0 Å². The summed E-state index contributed by atoms with van der Waals surface area (Å²) in [5.41, 5.74) is 0. The highest BCUT2D eigenvalue weighted by atomic mass is 16.3. The quantitative estimate of drug-likeness (QED) is 0.605. The van der Waals surface area contributed by atoms with E-state index in [1.807, 2.05) is 0 Å². The minimum Gasteiger partial charge on any atom is -0.395 e. The summed E-state index contributed by atoms with van der Waals surface area (Å²) in [4.78, 5) is 4.59. The van der Waals surface area contributed by atoms with Crippen molar-refractivity contribution in [3.05, 3.63) is 0 Å². The zero-order chi connectivity index (χ0) is 10.1. The molecule has 1 N–H and O–H groups in total. The van der Waals surface area contributed by atoms with Crippen LogP contribution in [0.5, 0.6) is 0 Å². The first kappa shape index (κ1) is 12.9. The fraction of sp³-hybridized carbons (Fsp3) is 1.00. The molecule has 0 rings (SSSR count). The van der Waals surface area contributed by atoms with Crippen LogP contribution in [0.3, 0.4) is 0 Å². The molecule has 0 saturated heterocycles. The molecule has 0 aliphatic rings. The van der Waals surface area contributed by atoms with Gasteiger partial charge in [-0.3, -0.25) is 0 Å². The first-order valence-corrected chi connectivity index (χ1v) is 5.26. The van der Waals surface area contributed by atoms with Gasteiger partial charge in [0.15, 0.2) is 0 Å². The second-order valence-corrected chi connectivity index (χ2v) is 3.41. The molecular formula is C10H24N2O. The average Bonchev–Trinajstić information content (AvgIpc) is 2.13. The van der Waals surface area contributed by atoms with Crippen LogP contribution in [0.4, 0.5) is 0 Å². The van der Waals surface area contributed by atoms with E-state index in [9.17, 15) is 0 Å². The van der Waals surface area contributed by atoms with Crippen LogP contribution >= 0.6 is 0 Å². The Hall–Kier alpha value is -0.120. The number of likely N-dealkylation sites (N-methyl/N-ethyl adjacent to an activating group) is 1. The summed E-state index contributed by atoms with van der Waals surface area (Å²) >= 11 is 0. The molecule has 0 radical (unpaired) electrons. The van der Waals surface area contributed by atoms with Crippen LogP contribution in [0.15, 0.2) is 0 Å². The molecule has 0 spiro atoms. The zero-order valence-electron chi connectivity index (χ0n) is 9.29. The molecule has 0 aliphatic carbocycles. The monoisotopic (exact) mass is 188 g/mol. The minimum atomic E-state index is 0.266. The van der Waals surface area contributed by atoms with Crippen molar-refractivity contribution in [3.8, 4) is 0 Å². The van der Waals surface area contributed by atoms with Crippen LogP contribution in [0.1, 0.15) is 20.3 Å². The van der Waals surface area contributed by atoms with Gasteiger partial charge >= 0.3 is 0 Å². The molecule has 0 heterocycles. The Kier molecular flexibility index (Phi) is 8.40. The SMILES string of the molecule is CCN(CC)CCCN(C)CCO. The molecule has 13 heavy (non-hydrogen) atoms. The second-order valence-electron chi connectivity index (χ2n) is 3.41. The lowest BCUT2D eigenvalue weighted by Gasteiger charge is -2.20. The van der Waals surface area contributed by atoms with Crippen LogP contribution in [-0.4, -0.2) is 61.3 Å². The van der Waals surface area contributed by atoms with Gasteiger partial charge in [0, 0.05) is 6.54 Å². The number of rotatable bonds is 8. The van der Waals surface area contributed by atoms with E-state index in [1.54, 1.807) is 0 Å². The van der Waals surface area contributed by atoms with Gasteiger partial charge in [-0.25, -0.2) is 0 Å². The van der Waals surface area contributed by atoms with Crippen molar-refractivity contribution in [1.29, 1.82) is 0 Å². The molecule has 0 aromatic rings. The number of hydrogen-bond acceptors (Lipinski definition) is 3. The molecule has 0 saturated carbocycles. The highest BCUT2D eigenvalue weighted by molar-refractivity contribution is 4.56. The number of aliphatic hydroxyl groups excluding tert-OH is 1. The normalized spacial score (nSPS) is 11.5. The lowest BCUT2D eigenvalue weighted by Crippen LogP contribution is -2.29. The number of hydrogen-bond donors (Lipinski definition) is 1. The summed E-state index contributed by atoms with van der Waals surface area (Å²) < 4.78 is 0. The fourth-order valence-electron chi connectivity index (χ4n) is 1.39. The Bertz CT molecular complexity index is 105. The van der Waals surface area contributed by atoms with E-state index in [2.05, 4.69) is 30.7 Å². The standard InChI is InChI=1S/C10H24N2O/c1-4-12(5-2)8-6-7-11(3)9-10-13/h13H,4-10H2,1-3H3. The first-order chi connectivity index (χ1) is 6.24. The van der Waals surface area contributed by atoms with Gasteiger partial charge in [-0.15, -0.1) is 0 Å². The fourth-order valence-corrected chi connectivity index (χ4v) is 1.39. The first-order valence-electron chi connectivity index (χ1n) is 5.26. The van der Waals surface area contributed by atoms with E-state index in [4.69, 9.17) is 5.11 Å². The van der Waals surface area contributed by atoms with Gasteiger partial charge in [0.25, 0.3) is 0 Å². The van der Waals surface area contributed by atoms with Gasteiger partial charge in [-0.2, -0.15) is 0 Å². The van der Waals surface area contributed by atoms with Gasteiger partial charge in [0.05, 0.1) is 6.61 Å². The third kappa shape index (κ3) is 6.99. The molecule has 80 valence electrons. The maximum atomic E-state index is 8.69. The van der Waals surface area contributed by atoms with Crippen molar-refractivity contribution < 1.29 is 5.11 Å². The molecule has 3 heteroatoms. The third-order valence-corrected chi connectivity index (χ3v) is 2.39. The highest BCUT2D eigenvalue weighted by Crippen LogP contribution is 1.92. The smallest absolute Gasteiger partial charge is 0.0558 e. The third-order valence-electron chi connectivity index (χ3n) is 2.39. The van der Waals surface area contributed by atoms with E-state index in [-0.39, 0.29) is 6.61 Å². The van der Waals surface area contributed by atoms with Gasteiger partial charge in [-0.1, -0.05) is 13.8 Å². The van der Waals surface area contributed by atoms with Crippen molar-refractivity contribution in [2.24, 2.45) is 0 Å². The molecule has 0 unspecified atom stereocenters. The van der Waals surface area contributed by atoms with E-state index in [1.165, 1.54) is 13.0 Å². The average molecular weight is 188 g/mol. The molecule has 0 aliphatic heterocycles. The van der Waals surface area contributed by atoms with Crippen molar-refractivity contribution in [2.75, 3.05) is 46.4 Å². The van der Waals surface area contributed by atoms with Gasteiger partial charge < -0.3 is 14.9 Å². The molecule has 0 aromatic heterocycles. The Labute approximate surface area is 82.3 Å². The molecule has 0 bridgehead atoms. The Morgan fingerprint density at radius 3 is 2.08 bits per heavy atom. The van der Waals surface area contributed by atoms with Crippen LogP contribution < -0.4 is 0 Å². The summed E-state index contributed by atoms with van der Waals surface area (Å²) in [7, 11) is 2.05. The summed E-state index contributed by atoms with van der Waals surface area (Å²) in [6.45, 7) is 9.97. The Balaban J connectivity index is 3.32. The zero-order valence-corrected chi connectivity index (χ0v) is 9.29. The summed E-state index contributed by atoms with van der Waals surface area (Å²) in [6.07, 6.45) is 1.19. The molecule has 0 atom stereocenters. The van der Waals surface area contributed by atoms with Gasteiger partial charge in [0.1, 0.15) is 0 Å². The largest absolute Gasteiger partial charge is 0.395 e. The van der Waals surface area contributed by atoms with Crippen molar-refractivity contribution in [3.63, 3.8) is 0 Å². The van der Waals surface area contributed by atoms with Crippen LogP contribution in [0.25, 0.3) is 0 Å². The minimum absolute atomic E-state index is 0.266. The van der Waals surface area contributed by atoms with Gasteiger partial charge in [-0.05, 0) is 39.6 Å². The number of nitrogens with zero attached hydrogens (tertiary/aromatic N) is 2. The molecule has 0 fully saturated rings. The lowest BCUT2D eigenvalue weighted by atomic mass is 10.3. The second kappa shape index (κ2) is 8.48. The topological polar surface area (TPSA) is 26.7 Å². The summed E-state index contributed by atoms with van der Waals surface area (Å²) in [5.74, 6) is 0. The van der Waals surface area contributed by atoms with Crippen molar-refractivity contribution >= 4 is 0 Å². The predicted octanol–water partition coefficient (Wildman–Crippen LogP) is 0.642. The van der Waals surface area contributed by atoms with Crippen LogP contribution in [0, 0.1) is 0 Å². The molecule has 3 nitrogen and oxygen atoms in total. The van der Waals surface area contributed by atoms with E-state index in [0.717, 1.165) is 26.2 Å². The summed E-state index contributed by atoms with van der Waals surface area (Å²) in [5, 5.41) is 8.69. The molecule has 0 aromatic carbocycles. The molecular weight excluding hydrogens is 164 g/mol. The van der Waals surface area contributed by atoms with Crippen LogP contribution in [-0.2, 0) is 0 Å². The maximum absolute atomic E-state index is 8.69.